The van der Waals surface area contributed by atoms with E-state index in [1.165, 1.54) is 17.5 Å². The zero-order chi connectivity index (χ0) is 13.1. The number of unbranched alkanes of at least 4 members (excludes halogenated alkanes) is 1. The molecule has 2 N–H and O–H groups in total. The minimum atomic E-state index is 0.759. The zero-order valence-electron chi connectivity index (χ0n) is 11.4. The first kappa shape index (κ1) is 12.7. The first-order chi connectivity index (χ1) is 8.61. The molecule has 96 valence electrons. The van der Waals surface area contributed by atoms with Crippen LogP contribution in [-0.4, -0.2) is 9.78 Å². The number of aromatic nitrogens is 2. The van der Waals surface area contributed by atoms with Gasteiger partial charge in [-0.05, 0) is 37.5 Å². The smallest absolute Gasteiger partial charge is 0.115 e. The van der Waals surface area contributed by atoms with Crippen molar-refractivity contribution in [2.45, 2.75) is 40.2 Å². The van der Waals surface area contributed by atoms with Gasteiger partial charge in [-0.1, -0.05) is 25.5 Å². The lowest BCUT2D eigenvalue weighted by Crippen LogP contribution is -1.98. The van der Waals surface area contributed by atoms with E-state index in [0.717, 1.165) is 29.9 Å². The number of benzene rings is 1. The second-order valence-corrected chi connectivity index (χ2v) is 4.85. The van der Waals surface area contributed by atoms with Crippen molar-refractivity contribution in [3.8, 4) is 11.3 Å². The van der Waals surface area contributed by atoms with Gasteiger partial charge in [-0.2, -0.15) is 5.10 Å². The molecule has 0 saturated carbocycles. The fourth-order valence-electron chi connectivity index (χ4n) is 1.98. The SMILES string of the molecule is CCCCn1cc(N)c(-c2ccc(C)c(C)c2)n1. The lowest BCUT2D eigenvalue weighted by molar-refractivity contribution is 0.573. The van der Waals surface area contributed by atoms with Crippen LogP contribution in [0, 0.1) is 13.8 Å². The number of nitrogen functional groups attached to an aromatic ring is 1. The molecule has 3 heteroatoms. The number of nitrogens with two attached hydrogens (primary N) is 1. The van der Waals surface area contributed by atoms with E-state index in [-0.39, 0.29) is 0 Å². The van der Waals surface area contributed by atoms with Crippen LogP contribution < -0.4 is 5.73 Å². The monoisotopic (exact) mass is 243 g/mol. The van der Waals surface area contributed by atoms with E-state index in [2.05, 4.69) is 44.1 Å². The number of nitrogens with zero attached hydrogens (tertiary/aromatic N) is 2. The van der Waals surface area contributed by atoms with Crippen molar-refractivity contribution in [2.24, 2.45) is 0 Å². The summed E-state index contributed by atoms with van der Waals surface area (Å²) in [6.07, 6.45) is 4.23. The van der Waals surface area contributed by atoms with Crippen LogP contribution >= 0.6 is 0 Å². The Morgan fingerprint density at radius 2 is 2.00 bits per heavy atom. The van der Waals surface area contributed by atoms with Gasteiger partial charge in [0.25, 0.3) is 0 Å². The summed E-state index contributed by atoms with van der Waals surface area (Å²) in [5.41, 5.74) is 11.4. The predicted octanol–water partition coefficient (Wildman–Crippen LogP) is 3.55. The van der Waals surface area contributed by atoms with Crippen LogP contribution in [0.15, 0.2) is 24.4 Å². The summed E-state index contributed by atoms with van der Waals surface area (Å²) in [7, 11) is 0. The zero-order valence-corrected chi connectivity index (χ0v) is 11.4. The van der Waals surface area contributed by atoms with E-state index < -0.39 is 0 Å². The van der Waals surface area contributed by atoms with Crippen LogP contribution in [0.5, 0.6) is 0 Å². The Labute approximate surface area is 109 Å². The summed E-state index contributed by atoms with van der Waals surface area (Å²) in [6.45, 7) is 7.34. The third-order valence-electron chi connectivity index (χ3n) is 3.31. The van der Waals surface area contributed by atoms with Crippen molar-refractivity contribution in [3.63, 3.8) is 0 Å². The molecule has 2 rings (SSSR count). The van der Waals surface area contributed by atoms with E-state index in [1.54, 1.807) is 0 Å². The van der Waals surface area contributed by atoms with E-state index >= 15 is 0 Å². The Morgan fingerprint density at radius 3 is 2.67 bits per heavy atom. The molecule has 1 aromatic carbocycles. The molecule has 0 aliphatic carbocycles. The van der Waals surface area contributed by atoms with Crippen LogP contribution in [0.25, 0.3) is 11.3 Å². The molecule has 1 heterocycles. The molecule has 0 fully saturated rings. The number of hydrogen-bond donors (Lipinski definition) is 1. The standard InChI is InChI=1S/C15H21N3/c1-4-5-8-18-10-14(16)15(17-18)13-7-6-11(2)12(3)9-13/h6-7,9-10H,4-5,8,16H2,1-3H3. The fraction of sp³-hybridized carbons (Fsp3) is 0.400. The molecular formula is C15H21N3. The first-order valence-corrected chi connectivity index (χ1v) is 6.52. The average Bonchev–Trinajstić information content (AvgIpc) is 2.71. The third-order valence-corrected chi connectivity index (χ3v) is 3.31. The Bertz CT molecular complexity index is 541. The lowest BCUT2D eigenvalue weighted by Gasteiger charge is -2.03. The minimum absolute atomic E-state index is 0.759. The number of rotatable bonds is 4. The average molecular weight is 243 g/mol. The van der Waals surface area contributed by atoms with Crippen LogP contribution in [0.3, 0.4) is 0 Å². The summed E-state index contributed by atoms with van der Waals surface area (Å²) >= 11 is 0. The second-order valence-electron chi connectivity index (χ2n) is 4.85. The van der Waals surface area contributed by atoms with Gasteiger partial charge in [-0.15, -0.1) is 0 Å². The molecule has 0 radical (unpaired) electrons. The number of aryl methyl sites for hydroxylation is 3. The topological polar surface area (TPSA) is 43.8 Å². The minimum Gasteiger partial charge on any atom is -0.396 e. The van der Waals surface area contributed by atoms with Crippen molar-refractivity contribution in [3.05, 3.63) is 35.5 Å². The highest BCUT2D eigenvalue weighted by Crippen LogP contribution is 2.25. The second kappa shape index (κ2) is 5.25. The Morgan fingerprint density at radius 1 is 1.22 bits per heavy atom. The van der Waals surface area contributed by atoms with Gasteiger partial charge in [0, 0.05) is 18.3 Å². The van der Waals surface area contributed by atoms with Gasteiger partial charge in [0.05, 0.1) is 5.69 Å². The Balaban J connectivity index is 2.32. The molecule has 18 heavy (non-hydrogen) atoms. The van der Waals surface area contributed by atoms with Gasteiger partial charge < -0.3 is 5.73 Å². The van der Waals surface area contributed by atoms with Crippen molar-refractivity contribution >= 4 is 5.69 Å². The molecule has 0 aliphatic rings. The van der Waals surface area contributed by atoms with Crippen LogP contribution in [0.2, 0.25) is 0 Å². The maximum atomic E-state index is 6.05. The normalized spacial score (nSPS) is 10.8. The molecule has 1 aromatic heterocycles. The number of anilines is 1. The van der Waals surface area contributed by atoms with Crippen molar-refractivity contribution in [1.82, 2.24) is 9.78 Å². The van der Waals surface area contributed by atoms with Crippen LogP contribution in [0.4, 0.5) is 5.69 Å². The predicted molar refractivity (Wildman–Crippen MR) is 76.5 cm³/mol. The van der Waals surface area contributed by atoms with E-state index in [9.17, 15) is 0 Å². The fourth-order valence-corrected chi connectivity index (χ4v) is 1.98. The van der Waals surface area contributed by atoms with E-state index in [0.29, 0.717) is 0 Å². The third kappa shape index (κ3) is 2.55. The highest BCUT2D eigenvalue weighted by atomic mass is 15.3. The van der Waals surface area contributed by atoms with Gasteiger partial charge in [-0.3, -0.25) is 4.68 Å². The van der Waals surface area contributed by atoms with Crippen molar-refractivity contribution in [1.29, 1.82) is 0 Å². The number of hydrogen-bond acceptors (Lipinski definition) is 2. The molecular weight excluding hydrogens is 222 g/mol. The first-order valence-electron chi connectivity index (χ1n) is 6.52. The lowest BCUT2D eigenvalue weighted by atomic mass is 10.0. The molecule has 0 aliphatic heterocycles. The van der Waals surface area contributed by atoms with Gasteiger partial charge in [0.15, 0.2) is 0 Å². The van der Waals surface area contributed by atoms with Crippen LogP contribution in [-0.2, 0) is 6.54 Å². The quantitative estimate of drug-likeness (QED) is 0.892. The van der Waals surface area contributed by atoms with Crippen molar-refractivity contribution < 1.29 is 0 Å². The maximum absolute atomic E-state index is 6.05. The van der Waals surface area contributed by atoms with Gasteiger partial charge >= 0.3 is 0 Å². The van der Waals surface area contributed by atoms with E-state index in [1.807, 2.05) is 10.9 Å². The summed E-state index contributed by atoms with van der Waals surface area (Å²) in [5.74, 6) is 0. The van der Waals surface area contributed by atoms with Crippen molar-refractivity contribution in [2.75, 3.05) is 5.73 Å². The Kier molecular flexibility index (Phi) is 3.70. The highest BCUT2D eigenvalue weighted by molar-refractivity contribution is 5.72. The van der Waals surface area contributed by atoms with Gasteiger partial charge in [0.1, 0.15) is 5.69 Å². The molecule has 0 unspecified atom stereocenters. The van der Waals surface area contributed by atoms with Crippen LogP contribution in [0.1, 0.15) is 30.9 Å². The molecule has 3 nitrogen and oxygen atoms in total. The molecule has 2 aromatic rings. The molecule has 0 saturated heterocycles. The van der Waals surface area contributed by atoms with E-state index in [4.69, 9.17) is 5.73 Å². The molecule has 0 bridgehead atoms. The maximum Gasteiger partial charge on any atom is 0.115 e. The van der Waals surface area contributed by atoms with Gasteiger partial charge in [-0.25, -0.2) is 0 Å². The summed E-state index contributed by atoms with van der Waals surface area (Å²) < 4.78 is 1.95. The summed E-state index contributed by atoms with van der Waals surface area (Å²) in [4.78, 5) is 0. The molecule has 0 amide bonds. The largest absolute Gasteiger partial charge is 0.396 e. The molecule has 0 spiro atoms. The molecule has 0 atom stereocenters. The summed E-state index contributed by atoms with van der Waals surface area (Å²) in [6, 6.07) is 6.36. The highest BCUT2D eigenvalue weighted by Gasteiger charge is 2.09. The van der Waals surface area contributed by atoms with Gasteiger partial charge in [0.2, 0.25) is 0 Å². The summed E-state index contributed by atoms with van der Waals surface area (Å²) in [5, 5.41) is 4.58. The Hall–Kier alpha value is -1.77.